The first-order valence-corrected chi connectivity index (χ1v) is 5.86. The standard InChI is InChI=1S/C10H19ClN2O/c1-13-4-2-3-8(13)5-12-10-7-14-6-9(10)11/h8-10,12H,2-7H2,1H3. The molecule has 2 rings (SSSR count). The minimum Gasteiger partial charge on any atom is -0.378 e. The van der Waals surface area contributed by atoms with Gasteiger partial charge in [-0.25, -0.2) is 0 Å². The Labute approximate surface area is 90.7 Å². The SMILES string of the molecule is CN1CCCC1CNC1COCC1Cl. The summed E-state index contributed by atoms with van der Waals surface area (Å²) in [6, 6.07) is 1.05. The van der Waals surface area contributed by atoms with Gasteiger partial charge >= 0.3 is 0 Å². The van der Waals surface area contributed by atoms with Crippen molar-refractivity contribution in [3.05, 3.63) is 0 Å². The molecule has 2 heterocycles. The number of hydrogen-bond donors (Lipinski definition) is 1. The van der Waals surface area contributed by atoms with Crippen molar-refractivity contribution in [3.63, 3.8) is 0 Å². The number of nitrogens with one attached hydrogen (secondary N) is 1. The molecule has 14 heavy (non-hydrogen) atoms. The van der Waals surface area contributed by atoms with Crippen molar-refractivity contribution >= 4 is 11.6 Å². The fourth-order valence-corrected chi connectivity index (χ4v) is 2.49. The van der Waals surface area contributed by atoms with E-state index in [-0.39, 0.29) is 5.38 Å². The highest BCUT2D eigenvalue weighted by Crippen LogP contribution is 2.16. The molecule has 1 N–H and O–H groups in total. The van der Waals surface area contributed by atoms with E-state index in [1.165, 1.54) is 19.4 Å². The molecule has 0 aromatic heterocycles. The Bertz CT molecular complexity index is 171. The van der Waals surface area contributed by atoms with E-state index in [1.807, 2.05) is 0 Å². The average molecular weight is 219 g/mol. The first kappa shape index (κ1) is 10.7. The smallest absolute Gasteiger partial charge is 0.0745 e. The van der Waals surface area contributed by atoms with Gasteiger partial charge in [0, 0.05) is 18.6 Å². The van der Waals surface area contributed by atoms with Crippen LogP contribution >= 0.6 is 11.6 Å². The zero-order valence-corrected chi connectivity index (χ0v) is 9.46. The molecule has 2 fully saturated rings. The quantitative estimate of drug-likeness (QED) is 0.706. The molecule has 0 spiro atoms. The van der Waals surface area contributed by atoms with Crippen LogP contribution in [0.1, 0.15) is 12.8 Å². The minimum absolute atomic E-state index is 0.154. The van der Waals surface area contributed by atoms with Gasteiger partial charge in [0.2, 0.25) is 0 Å². The topological polar surface area (TPSA) is 24.5 Å². The summed E-state index contributed by atoms with van der Waals surface area (Å²) in [5.74, 6) is 0. The highest BCUT2D eigenvalue weighted by molar-refractivity contribution is 6.21. The third kappa shape index (κ3) is 2.40. The first-order valence-electron chi connectivity index (χ1n) is 5.43. The van der Waals surface area contributed by atoms with Gasteiger partial charge < -0.3 is 15.0 Å². The van der Waals surface area contributed by atoms with Gasteiger partial charge in [0.05, 0.1) is 18.6 Å². The fourth-order valence-electron chi connectivity index (χ4n) is 2.24. The summed E-state index contributed by atoms with van der Waals surface area (Å²) in [5, 5.41) is 3.66. The molecule has 82 valence electrons. The maximum atomic E-state index is 6.10. The Kier molecular flexibility index (Phi) is 3.66. The van der Waals surface area contributed by atoms with Crippen molar-refractivity contribution < 1.29 is 4.74 Å². The number of likely N-dealkylation sites (N-methyl/N-ethyl adjacent to an activating group) is 1. The number of likely N-dealkylation sites (tertiary alicyclic amines) is 1. The van der Waals surface area contributed by atoms with Crippen molar-refractivity contribution in [2.24, 2.45) is 0 Å². The van der Waals surface area contributed by atoms with Crippen LogP contribution in [-0.2, 0) is 4.74 Å². The molecule has 0 saturated carbocycles. The van der Waals surface area contributed by atoms with Crippen molar-refractivity contribution in [2.45, 2.75) is 30.3 Å². The van der Waals surface area contributed by atoms with Crippen LogP contribution in [-0.4, -0.2) is 55.7 Å². The Morgan fingerprint density at radius 1 is 1.50 bits per heavy atom. The van der Waals surface area contributed by atoms with Crippen LogP contribution in [0.5, 0.6) is 0 Å². The zero-order valence-electron chi connectivity index (χ0n) is 8.71. The fraction of sp³-hybridized carbons (Fsp3) is 1.00. The van der Waals surface area contributed by atoms with E-state index < -0.39 is 0 Å². The summed E-state index contributed by atoms with van der Waals surface area (Å²) in [4.78, 5) is 2.42. The normalized spacial score (nSPS) is 39.4. The molecule has 2 aliphatic rings. The highest BCUT2D eigenvalue weighted by Gasteiger charge is 2.28. The van der Waals surface area contributed by atoms with Gasteiger partial charge in [-0.3, -0.25) is 0 Å². The maximum absolute atomic E-state index is 6.10. The average Bonchev–Trinajstić information content (AvgIpc) is 2.72. The van der Waals surface area contributed by atoms with Gasteiger partial charge in [-0.15, -0.1) is 11.6 Å². The van der Waals surface area contributed by atoms with E-state index in [2.05, 4.69) is 17.3 Å². The second kappa shape index (κ2) is 4.79. The number of nitrogens with zero attached hydrogens (tertiary/aromatic N) is 1. The molecule has 0 aliphatic carbocycles. The lowest BCUT2D eigenvalue weighted by Gasteiger charge is -2.22. The molecule has 0 radical (unpaired) electrons. The number of rotatable bonds is 3. The van der Waals surface area contributed by atoms with Crippen molar-refractivity contribution in [3.8, 4) is 0 Å². The molecule has 2 aliphatic heterocycles. The number of hydrogen-bond acceptors (Lipinski definition) is 3. The summed E-state index contributed by atoms with van der Waals surface area (Å²) in [6.07, 6.45) is 2.64. The summed E-state index contributed by atoms with van der Waals surface area (Å²) in [5.41, 5.74) is 0. The molecule has 0 aromatic carbocycles. The van der Waals surface area contributed by atoms with Gasteiger partial charge in [-0.05, 0) is 26.4 Å². The van der Waals surface area contributed by atoms with Crippen molar-refractivity contribution in [2.75, 3.05) is 33.4 Å². The van der Waals surface area contributed by atoms with Gasteiger partial charge in [0.1, 0.15) is 0 Å². The Balaban J connectivity index is 1.71. The third-order valence-corrected chi connectivity index (χ3v) is 3.73. The third-order valence-electron chi connectivity index (χ3n) is 3.30. The van der Waals surface area contributed by atoms with E-state index >= 15 is 0 Å². The van der Waals surface area contributed by atoms with Crippen LogP contribution in [0.3, 0.4) is 0 Å². The maximum Gasteiger partial charge on any atom is 0.0745 e. The largest absolute Gasteiger partial charge is 0.378 e. The predicted molar refractivity (Wildman–Crippen MR) is 57.9 cm³/mol. The van der Waals surface area contributed by atoms with Gasteiger partial charge in [-0.1, -0.05) is 0 Å². The molecule has 3 nitrogen and oxygen atoms in total. The van der Waals surface area contributed by atoms with Crippen LogP contribution in [0.15, 0.2) is 0 Å². The van der Waals surface area contributed by atoms with E-state index in [4.69, 9.17) is 16.3 Å². The van der Waals surface area contributed by atoms with Crippen LogP contribution in [0.2, 0.25) is 0 Å². The molecular formula is C10H19ClN2O. The first-order chi connectivity index (χ1) is 6.77. The molecule has 3 unspecified atom stereocenters. The van der Waals surface area contributed by atoms with Gasteiger partial charge in [0.25, 0.3) is 0 Å². The summed E-state index contributed by atoms with van der Waals surface area (Å²) in [7, 11) is 2.20. The van der Waals surface area contributed by atoms with Crippen molar-refractivity contribution in [1.29, 1.82) is 0 Å². The Morgan fingerprint density at radius 3 is 2.93 bits per heavy atom. The lowest BCUT2D eigenvalue weighted by atomic mass is 10.2. The summed E-state index contributed by atoms with van der Waals surface area (Å²) >= 11 is 6.10. The molecular weight excluding hydrogens is 200 g/mol. The number of alkyl halides is 1. The van der Waals surface area contributed by atoms with Crippen LogP contribution in [0.4, 0.5) is 0 Å². The molecule has 0 bridgehead atoms. The zero-order chi connectivity index (χ0) is 9.97. The summed E-state index contributed by atoms with van der Waals surface area (Å²) < 4.78 is 5.30. The van der Waals surface area contributed by atoms with Crippen LogP contribution in [0.25, 0.3) is 0 Å². The predicted octanol–water partition coefficient (Wildman–Crippen LogP) is 0.676. The Hall–Kier alpha value is 0.170. The van der Waals surface area contributed by atoms with Gasteiger partial charge in [-0.2, -0.15) is 0 Å². The minimum atomic E-state index is 0.154. The lowest BCUT2D eigenvalue weighted by molar-refractivity contribution is 0.188. The molecule has 0 aromatic rings. The second-order valence-electron chi connectivity index (χ2n) is 4.34. The molecule has 2 saturated heterocycles. The monoisotopic (exact) mass is 218 g/mol. The van der Waals surface area contributed by atoms with Crippen LogP contribution in [0, 0.1) is 0 Å². The van der Waals surface area contributed by atoms with E-state index in [0.29, 0.717) is 18.7 Å². The Morgan fingerprint density at radius 2 is 2.36 bits per heavy atom. The molecule has 3 atom stereocenters. The number of ether oxygens (including phenoxy) is 1. The van der Waals surface area contributed by atoms with E-state index in [9.17, 15) is 0 Å². The van der Waals surface area contributed by atoms with E-state index in [1.54, 1.807) is 0 Å². The highest BCUT2D eigenvalue weighted by atomic mass is 35.5. The van der Waals surface area contributed by atoms with Crippen molar-refractivity contribution in [1.82, 2.24) is 10.2 Å². The van der Waals surface area contributed by atoms with Gasteiger partial charge in [0.15, 0.2) is 0 Å². The summed E-state index contributed by atoms with van der Waals surface area (Å²) in [6.45, 7) is 3.75. The second-order valence-corrected chi connectivity index (χ2v) is 4.91. The molecule has 4 heteroatoms. The lowest BCUT2D eigenvalue weighted by Crippen LogP contribution is -2.43. The molecule has 0 amide bonds. The van der Waals surface area contributed by atoms with E-state index in [0.717, 1.165) is 13.2 Å². The van der Waals surface area contributed by atoms with Crippen LogP contribution < -0.4 is 5.32 Å². The number of halogens is 1.